The maximum Gasteiger partial charge on any atom is 0.338 e. The minimum Gasteiger partial charge on any atom is -0.462 e. The van der Waals surface area contributed by atoms with E-state index in [1.54, 1.807) is 6.92 Å². The minimum absolute atomic E-state index is 0.0828. The molecule has 0 radical (unpaired) electrons. The Morgan fingerprint density at radius 2 is 1.82 bits per heavy atom. The number of hydrogen-bond donors (Lipinski definition) is 0. The molecule has 0 saturated carbocycles. The number of benzene rings is 1. The Bertz CT molecular complexity index is 383. The fourth-order valence-corrected chi connectivity index (χ4v) is 1.38. The topological polar surface area (TPSA) is 26.3 Å². The van der Waals surface area contributed by atoms with E-state index in [1.165, 1.54) is 38.1 Å². The summed E-state index contributed by atoms with van der Waals surface area (Å²) >= 11 is 0. The molecule has 0 amide bonds. The van der Waals surface area contributed by atoms with Gasteiger partial charge in [0.15, 0.2) is 0 Å². The molecule has 0 saturated heterocycles. The van der Waals surface area contributed by atoms with E-state index >= 15 is 0 Å². The van der Waals surface area contributed by atoms with Crippen LogP contribution in [0.5, 0.6) is 0 Å². The summed E-state index contributed by atoms with van der Waals surface area (Å²) in [4.78, 5) is 11.3. The van der Waals surface area contributed by atoms with Crippen LogP contribution in [0.1, 0.15) is 36.7 Å². The summed E-state index contributed by atoms with van der Waals surface area (Å²) in [7, 11) is 0. The van der Waals surface area contributed by atoms with E-state index in [-0.39, 0.29) is 17.7 Å². The van der Waals surface area contributed by atoms with Gasteiger partial charge in [0.25, 0.3) is 5.92 Å². The molecule has 0 unspecified atom stereocenters. The summed E-state index contributed by atoms with van der Waals surface area (Å²) in [5.41, 5.74) is 0.204. The Hall–Kier alpha value is -1.45. The van der Waals surface area contributed by atoms with Crippen molar-refractivity contribution in [1.82, 2.24) is 0 Å². The van der Waals surface area contributed by atoms with E-state index in [9.17, 15) is 13.6 Å². The van der Waals surface area contributed by atoms with Gasteiger partial charge < -0.3 is 4.74 Å². The van der Waals surface area contributed by atoms with Crippen molar-refractivity contribution in [2.45, 2.75) is 26.7 Å². The molecule has 0 fully saturated rings. The molecule has 0 N–H and O–H groups in total. The summed E-state index contributed by atoms with van der Waals surface area (Å²) in [6.45, 7) is 4.88. The van der Waals surface area contributed by atoms with Gasteiger partial charge in [-0.3, -0.25) is 0 Å². The van der Waals surface area contributed by atoms with E-state index < -0.39 is 17.8 Å². The number of halogens is 2. The van der Waals surface area contributed by atoms with Crippen LogP contribution in [-0.4, -0.2) is 12.6 Å². The molecule has 0 aliphatic carbocycles. The fraction of sp³-hybridized carbons (Fsp3) is 0.462. The van der Waals surface area contributed by atoms with Crippen LogP contribution in [0.2, 0.25) is 0 Å². The van der Waals surface area contributed by atoms with Gasteiger partial charge >= 0.3 is 5.97 Å². The van der Waals surface area contributed by atoms with Crippen LogP contribution in [0.25, 0.3) is 0 Å². The van der Waals surface area contributed by atoms with Crippen molar-refractivity contribution in [1.29, 1.82) is 0 Å². The van der Waals surface area contributed by atoms with Crippen molar-refractivity contribution in [2.24, 2.45) is 5.92 Å². The molecule has 2 nitrogen and oxygen atoms in total. The van der Waals surface area contributed by atoms with Crippen molar-refractivity contribution in [3.8, 4) is 0 Å². The molecule has 0 atom stereocenters. The van der Waals surface area contributed by atoms with Crippen molar-refractivity contribution < 1.29 is 18.3 Å². The monoisotopic (exact) mass is 242 g/mol. The van der Waals surface area contributed by atoms with Gasteiger partial charge in [0.2, 0.25) is 0 Å². The molecule has 17 heavy (non-hydrogen) atoms. The van der Waals surface area contributed by atoms with Crippen LogP contribution in [0.4, 0.5) is 8.78 Å². The molecule has 0 bridgehead atoms. The standard InChI is InChI=1S/C13H16F2O2/c1-4-17-12(16)10-5-7-11(8-6-10)13(14,15)9(2)3/h5-9H,4H2,1-3H3. The second-order valence-electron chi connectivity index (χ2n) is 4.08. The Kier molecular flexibility index (Phi) is 4.21. The molecule has 1 aromatic carbocycles. The molecule has 0 aromatic heterocycles. The molecule has 0 aliphatic rings. The number of hydrogen-bond acceptors (Lipinski definition) is 2. The first-order valence-electron chi connectivity index (χ1n) is 5.55. The van der Waals surface area contributed by atoms with Gasteiger partial charge in [-0.25, -0.2) is 13.6 Å². The van der Waals surface area contributed by atoms with Crippen LogP contribution in [0, 0.1) is 5.92 Å². The third kappa shape index (κ3) is 3.02. The zero-order valence-electron chi connectivity index (χ0n) is 10.2. The van der Waals surface area contributed by atoms with E-state index in [1.807, 2.05) is 0 Å². The van der Waals surface area contributed by atoms with E-state index in [2.05, 4.69) is 0 Å². The SMILES string of the molecule is CCOC(=O)c1ccc(C(F)(F)C(C)C)cc1. The molecule has 0 aliphatic heterocycles. The van der Waals surface area contributed by atoms with Crippen molar-refractivity contribution in [3.63, 3.8) is 0 Å². The van der Waals surface area contributed by atoms with E-state index in [4.69, 9.17) is 4.74 Å². The van der Waals surface area contributed by atoms with E-state index in [0.717, 1.165) is 0 Å². The number of alkyl halides is 2. The van der Waals surface area contributed by atoms with E-state index in [0.29, 0.717) is 0 Å². The highest BCUT2D eigenvalue weighted by Crippen LogP contribution is 2.35. The van der Waals surface area contributed by atoms with Crippen LogP contribution >= 0.6 is 0 Å². The summed E-state index contributed by atoms with van der Waals surface area (Å²) in [6.07, 6.45) is 0. The highest BCUT2D eigenvalue weighted by Gasteiger charge is 2.35. The summed E-state index contributed by atoms with van der Waals surface area (Å²) in [5, 5.41) is 0. The van der Waals surface area contributed by atoms with Gasteiger partial charge in [-0.1, -0.05) is 26.0 Å². The average molecular weight is 242 g/mol. The maximum absolute atomic E-state index is 13.6. The first kappa shape index (κ1) is 13.6. The maximum atomic E-state index is 13.6. The number of carbonyl (C=O) groups is 1. The fourth-order valence-electron chi connectivity index (χ4n) is 1.38. The number of ether oxygens (including phenoxy) is 1. The lowest BCUT2D eigenvalue weighted by Crippen LogP contribution is -2.21. The van der Waals surface area contributed by atoms with Gasteiger partial charge in [0.05, 0.1) is 12.2 Å². The Balaban J connectivity index is 2.92. The molecular formula is C13H16F2O2. The van der Waals surface area contributed by atoms with Crippen LogP contribution < -0.4 is 0 Å². The lowest BCUT2D eigenvalue weighted by atomic mass is 9.97. The van der Waals surface area contributed by atoms with Gasteiger partial charge in [-0.15, -0.1) is 0 Å². The Morgan fingerprint density at radius 1 is 1.29 bits per heavy atom. The highest BCUT2D eigenvalue weighted by atomic mass is 19.3. The molecule has 0 heterocycles. The largest absolute Gasteiger partial charge is 0.462 e. The average Bonchev–Trinajstić information content (AvgIpc) is 2.29. The van der Waals surface area contributed by atoms with Gasteiger partial charge in [-0.2, -0.15) is 0 Å². The van der Waals surface area contributed by atoms with Gasteiger partial charge in [0, 0.05) is 11.5 Å². The number of esters is 1. The van der Waals surface area contributed by atoms with Crippen molar-refractivity contribution >= 4 is 5.97 Å². The summed E-state index contributed by atoms with van der Waals surface area (Å²) in [6, 6.07) is 5.27. The van der Waals surface area contributed by atoms with Crippen molar-refractivity contribution in [2.75, 3.05) is 6.61 Å². The lowest BCUT2D eigenvalue weighted by Gasteiger charge is -2.20. The molecule has 4 heteroatoms. The zero-order valence-corrected chi connectivity index (χ0v) is 10.2. The second-order valence-corrected chi connectivity index (χ2v) is 4.08. The third-order valence-electron chi connectivity index (χ3n) is 2.51. The Labute approximate surface area is 99.6 Å². The second kappa shape index (κ2) is 5.25. The van der Waals surface area contributed by atoms with Crippen LogP contribution in [0.3, 0.4) is 0 Å². The number of carbonyl (C=O) groups excluding carboxylic acids is 1. The van der Waals surface area contributed by atoms with Crippen LogP contribution in [-0.2, 0) is 10.7 Å². The molecular weight excluding hydrogens is 226 g/mol. The molecule has 94 valence electrons. The minimum atomic E-state index is -2.88. The number of rotatable bonds is 4. The Morgan fingerprint density at radius 3 is 2.24 bits per heavy atom. The quantitative estimate of drug-likeness (QED) is 0.754. The van der Waals surface area contributed by atoms with Gasteiger partial charge in [-0.05, 0) is 19.1 Å². The summed E-state index contributed by atoms with van der Waals surface area (Å²) < 4.78 is 32.1. The molecule has 1 rings (SSSR count). The first-order chi connectivity index (χ1) is 7.89. The molecule has 1 aromatic rings. The summed E-state index contributed by atoms with van der Waals surface area (Å²) in [5.74, 6) is -4.16. The lowest BCUT2D eigenvalue weighted by molar-refractivity contribution is -0.0514. The third-order valence-corrected chi connectivity index (χ3v) is 2.51. The predicted molar refractivity (Wildman–Crippen MR) is 61.1 cm³/mol. The smallest absolute Gasteiger partial charge is 0.338 e. The van der Waals surface area contributed by atoms with Gasteiger partial charge in [0.1, 0.15) is 0 Å². The van der Waals surface area contributed by atoms with Crippen molar-refractivity contribution in [3.05, 3.63) is 35.4 Å². The molecule has 0 spiro atoms. The highest BCUT2D eigenvalue weighted by molar-refractivity contribution is 5.89. The normalized spacial score (nSPS) is 11.6. The predicted octanol–water partition coefficient (Wildman–Crippen LogP) is 3.61. The zero-order chi connectivity index (χ0) is 13.1. The first-order valence-corrected chi connectivity index (χ1v) is 5.55. The van der Waals surface area contributed by atoms with Crippen LogP contribution in [0.15, 0.2) is 24.3 Å².